The highest BCUT2D eigenvalue weighted by Crippen LogP contribution is 2.25. The summed E-state index contributed by atoms with van der Waals surface area (Å²) in [5.74, 6) is -1.08. The van der Waals surface area contributed by atoms with E-state index in [2.05, 4.69) is 4.98 Å². The third-order valence-electron chi connectivity index (χ3n) is 3.12. The summed E-state index contributed by atoms with van der Waals surface area (Å²) >= 11 is 5.90. The van der Waals surface area contributed by atoms with E-state index in [1.165, 1.54) is 6.07 Å². The molecule has 0 spiro atoms. The SMILES string of the molecule is O=C(O)c1ccc(-c2ccc3ccccc3c2)nc1Cl. The summed E-state index contributed by atoms with van der Waals surface area (Å²) in [6.07, 6.45) is 0. The van der Waals surface area contributed by atoms with Gasteiger partial charge < -0.3 is 5.11 Å². The van der Waals surface area contributed by atoms with Crippen LogP contribution in [0.25, 0.3) is 22.0 Å². The molecule has 0 aliphatic carbocycles. The van der Waals surface area contributed by atoms with Crippen LogP contribution in [-0.4, -0.2) is 16.1 Å². The molecule has 20 heavy (non-hydrogen) atoms. The molecule has 1 N–H and O–H groups in total. The number of halogens is 1. The van der Waals surface area contributed by atoms with Crippen LogP contribution in [0.4, 0.5) is 0 Å². The van der Waals surface area contributed by atoms with Gasteiger partial charge in [0.15, 0.2) is 0 Å². The van der Waals surface area contributed by atoms with Crippen molar-refractivity contribution in [3.63, 3.8) is 0 Å². The Balaban J connectivity index is 2.11. The van der Waals surface area contributed by atoms with Gasteiger partial charge in [-0.2, -0.15) is 0 Å². The van der Waals surface area contributed by atoms with Gasteiger partial charge in [-0.15, -0.1) is 0 Å². The van der Waals surface area contributed by atoms with E-state index < -0.39 is 5.97 Å². The van der Waals surface area contributed by atoms with Gasteiger partial charge in [-0.3, -0.25) is 0 Å². The highest BCUT2D eigenvalue weighted by Gasteiger charge is 2.11. The van der Waals surface area contributed by atoms with E-state index in [0.29, 0.717) is 5.69 Å². The van der Waals surface area contributed by atoms with E-state index in [4.69, 9.17) is 16.7 Å². The van der Waals surface area contributed by atoms with Crippen molar-refractivity contribution < 1.29 is 9.90 Å². The second-order valence-electron chi connectivity index (χ2n) is 4.40. The molecule has 0 aliphatic rings. The Labute approximate surface area is 120 Å². The summed E-state index contributed by atoms with van der Waals surface area (Å²) in [5, 5.41) is 11.2. The van der Waals surface area contributed by atoms with Gasteiger partial charge >= 0.3 is 5.97 Å². The zero-order valence-corrected chi connectivity index (χ0v) is 11.1. The molecule has 0 saturated heterocycles. The molecular formula is C16H10ClNO2. The number of aromatic carboxylic acids is 1. The van der Waals surface area contributed by atoms with Crippen molar-refractivity contribution in [3.8, 4) is 11.3 Å². The van der Waals surface area contributed by atoms with Crippen molar-refractivity contribution in [1.29, 1.82) is 0 Å². The summed E-state index contributed by atoms with van der Waals surface area (Å²) in [7, 11) is 0. The number of carboxylic acids is 1. The largest absolute Gasteiger partial charge is 0.478 e. The van der Waals surface area contributed by atoms with Crippen LogP contribution in [0.1, 0.15) is 10.4 Å². The molecule has 1 aromatic heterocycles. The molecule has 1 heterocycles. The smallest absolute Gasteiger partial charge is 0.338 e. The summed E-state index contributed by atoms with van der Waals surface area (Å²) in [5.41, 5.74) is 1.57. The third-order valence-corrected chi connectivity index (χ3v) is 3.41. The first kappa shape index (κ1) is 12.6. The lowest BCUT2D eigenvalue weighted by atomic mass is 10.0. The Bertz CT molecular complexity index is 814. The Hall–Kier alpha value is -2.39. The van der Waals surface area contributed by atoms with Crippen molar-refractivity contribution in [2.75, 3.05) is 0 Å². The summed E-state index contributed by atoms with van der Waals surface area (Å²) in [4.78, 5) is 15.1. The molecule has 3 aromatic rings. The highest BCUT2D eigenvalue weighted by atomic mass is 35.5. The van der Waals surface area contributed by atoms with Crippen molar-refractivity contribution in [2.24, 2.45) is 0 Å². The van der Waals surface area contributed by atoms with E-state index in [1.807, 2.05) is 42.5 Å². The van der Waals surface area contributed by atoms with Crippen LogP contribution >= 0.6 is 11.6 Å². The second-order valence-corrected chi connectivity index (χ2v) is 4.76. The lowest BCUT2D eigenvalue weighted by molar-refractivity contribution is 0.0696. The number of hydrogen-bond donors (Lipinski definition) is 1. The quantitative estimate of drug-likeness (QED) is 0.715. The van der Waals surface area contributed by atoms with E-state index >= 15 is 0 Å². The van der Waals surface area contributed by atoms with Crippen LogP contribution in [0.5, 0.6) is 0 Å². The molecule has 3 rings (SSSR count). The minimum Gasteiger partial charge on any atom is -0.478 e. The molecule has 98 valence electrons. The van der Waals surface area contributed by atoms with Gasteiger partial charge in [-0.1, -0.05) is 48.0 Å². The normalized spacial score (nSPS) is 10.7. The standard InChI is InChI=1S/C16H10ClNO2/c17-15-13(16(19)20)7-8-14(18-15)12-6-5-10-3-1-2-4-11(10)9-12/h1-9H,(H,19,20). The fourth-order valence-electron chi connectivity index (χ4n) is 2.10. The molecule has 4 heteroatoms. The number of pyridine rings is 1. The van der Waals surface area contributed by atoms with Crippen LogP contribution in [-0.2, 0) is 0 Å². The van der Waals surface area contributed by atoms with Crippen molar-refractivity contribution in [1.82, 2.24) is 4.98 Å². The molecular weight excluding hydrogens is 274 g/mol. The van der Waals surface area contributed by atoms with Crippen LogP contribution in [0, 0.1) is 0 Å². The number of fused-ring (bicyclic) bond motifs is 1. The van der Waals surface area contributed by atoms with E-state index in [-0.39, 0.29) is 10.7 Å². The molecule has 0 unspecified atom stereocenters. The first-order valence-electron chi connectivity index (χ1n) is 6.04. The van der Waals surface area contributed by atoms with Crippen LogP contribution < -0.4 is 0 Å². The molecule has 0 amide bonds. The summed E-state index contributed by atoms with van der Waals surface area (Å²) < 4.78 is 0. The van der Waals surface area contributed by atoms with E-state index in [9.17, 15) is 4.79 Å². The molecule has 0 saturated carbocycles. The molecule has 0 radical (unpaired) electrons. The van der Waals surface area contributed by atoms with Gasteiger partial charge in [-0.05, 0) is 29.0 Å². The van der Waals surface area contributed by atoms with E-state index in [0.717, 1.165) is 16.3 Å². The predicted octanol–water partition coefficient (Wildman–Crippen LogP) is 4.25. The monoisotopic (exact) mass is 283 g/mol. The third kappa shape index (κ3) is 2.24. The molecule has 0 bridgehead atoms. The minimum absolute atomic E-state index is 0.00292. The van der Waals surface area contributed by atoms with Gasteiger partial charge in [0.2, 0.25) is 0 Å². The van der Waals surface area contributed by atoms with Crippen LogP contribution in [0.15, 0.2) is 54.6 Å². The summed E-state index contributed by atoms with van der Waals surface area (Å²) in [6.45, 7) is 0. The fourth-order valence-corrected chi connectivity index (χ4v) is 2.34. The number of rotatable bonds is 2. The van der Waals surface area contributed by atoms with Gasteiger partial charge in [0.05, 0.1) is 11.3 Å². The van der Waals surface area contributed by atoms with Gasteiger partial charge in [0, 0.05) is 5.56 Å². The number of benzene rings is 2. The molecule has 3 nitrogen and oxygen atoms in total. The topological polar surface area (TPSA) is 50.2 Å². The van der Waals surface area contributed by atoms with E-state index in [1.54, 1.807) is 6.07 Å². The minimum atomic E-state index is -1.08. The Morgan fingerprint density at radius 2 is 1.75 bits per heavy atom. The number of aromatic nitrogens is 1. The zero-order chi connectivity index (χ0) is 14.1. The molecule has 0 aliphatic heterocycles. The number of hydrogen-bond acceptors (Lipinski definition) is 2. The zero-order valence-electron chi connectivity index (χ0n) is 10.4. The maximum atomic E-state index is 10.9. The van der Waals surface area contributed by atoms with Gasteiger partial charge in [0.25, 0.3) is 0 Å². The fraction of sp³-hybridized carbons (Fsp3) is 0. The van der Waals surface area contributed by atoms with Gasteiger partial charge in [-0.25, -0.2) is 9.78 Å². The highest BCUT2D eigenvalue weighted by molar-refractivity contribution is 6.32. The van der Waals surface area contributed by atoms with Crippen molar-refractivity contribution in [3.05, 3.63) is 65.3 Å². The second kappa shape index (κ2) is 4.94. The average molecular weight is 284 g/mol. The first-order chi connectivity index (χ1) is 9.65. The molecule has 0 atom stereocenters. The molecule has 0 fully saturated rings. The van der Waals surface area contributed by atoms with Crippen molar-refractivity contribution >= 4 is 28.3 Å². The predicted molar refractivity (Wildman–Crippen MR) is 79.1 cm³/mol. The van der Waals surface area contributed by atoms with Crippen LogP contribution in [0.2, 0.25) is 5.15 Å². The Morgan fingerprint density at radius 3 is 2.45 bits per heavy atom. The number of carbonyl (C=O) groups is 1. The maximum Gasteiger partial charge on any atom is 0.338 e. The Morgan fingerprint density at radius 1 is 1.00 bits per heavy atom. The Kier molecular flexibility index (Phi) is 3.12. The molecule has 2 aromatic carbocycles. The summed E-state index contributed by atoms with van der Waals surface area (Å²) in [6, 6.07) is 17.1. The number of nitrogens with zero attached hydrogens (tertiary/aromatic N) is 1. The number of carboxylic acid groups (broad SMARTS) is 1. The van der Waals surface area contributed by atoms with Crippen LogP contribution in [0.3, 0.4) is 0 Å². The van der Waals surface area contributed by atoms with Crippen molar-refractivity contribution in [2.45, 2.75) is 0 Å². The first-order valence-corrected chi connectivity index (χ1v) is 6.42. The lowest BCUT2D eigenvalue weighted by Gasteiger charge is -2.05. The van der Waals surface area contributed by atoms with Gasteiger partial charge in [0.1, 0.15) is 5.15 Å². The maximum absolute atomic E-state index is 10.9. The average Bonchev–Trinajstić information content (AvgIpc) is 2.46. The lowest BCUT2D eigenvalue weighted by Crippen LogP contribution is -1.99.